The van der Waals surface area contributed by atoms with Gasteiger partial charge in [0.1, 0.15) is 0 Å². The lowest BCUT2D eigenvalue weighted by atomic mass is 10.2. The smallest absolute Gasteiger partial charge is 0.231 e. The van der Waals surface area contributed by atoms with Crippen molar-refractivity contribution in [2.75, 3.05) is 42.7 Å². The first kappa shape index (κ1) is 16.9. The maximum Gasteiger partial charge on any atom is 0.231 e. The Hall–Kier alpha value is -2.12. The van der Waals surface area contributed by atoms with E-state index in [9.17, 15) is 4.79 Å². The van der Waals surface area contributed by atoms with Gasteiger partial charge in [0.05, 0.1) is 0 Å². The highest BCUT2D eigenvalue weighted by atomic mass is 16.1. The number of amides is 1. The quantitative estimate of drug-likeness (QED) is 0.548. The molecule has 0 bridgehead atoms. The van der Waals surface area contributed by atoms with E-state index in [1.807, 2.05) is 19.0 Å². The molecule has 4 N–H and O–H groups in total. The van der Waals surface area contributed by atoms with E-state index in [4.69, 9.17) is 5.73 Å². The molecule has 21 heavy (non-hydrogen) atoms. The predicted molar refractivity (Wildman–Crippen MR) is 84.5 cm³/mol. The molecule has 8 heteroatoms. The van der Waals surface area contributed by atoms with Crippen molar-refractivity contribution >= 4 is 23.8 Å². The van der Waals surface area contributed by atoms with Gasteiger partial charge in [-0.2, -0.15) is 15.0 Å². The summed E-state index contributed by atoms with van der Waals surface area (Å²) in [5, 5.41) is 6.31. The number of unbranched alkanes of at least 4 members (excludes halogenated alkanes) is 1. The zero-order chi connectivity index (χ0) is 15.7. The van der Waals surface area contributed by atoms with Crippen molar-refractivity contribution in [2.24, 2.45) is 5.73 Å². The highest BCUT2D eigenvalue weighted by Gasteiger charge is 2.07. The van der Waals surface area contributed by atoms with Crippen molar-refractivity contribution in [2.45, 2.75) is 32.6 Å². The number of primary amides is 1. The molecule has 1 aromatic rings. The van der Waals surface area contributed by atoms with E-state index < -0.39 is 0 Å². The van der Waals surface area contributed by atoms with Gasteiger partial charge in [-0.1, -0.05) is 6.92 Å². The van der Waals surface area contributed by atoms with Crippen LogP contribution < -0.4 is 21.3 Å². The Morgan fingerprint density at radius 3 is 2.24 bits per heavy atom. The van der Waals surface area contributed by atoms with Crippen LogP contribution >= 0.6 is 0 Å². The first-order valence-electron chi connectivity index (χ1n) is 7.22. The second-order valence-corrected chi connectivity index (χ2v) is 4.95. The standard InChI is InChI=1S/C13H25N7O/c1-4-8-15-11-17-12(19-13(18-11)20(2)3)16-9-6-5-7-10(14)21/h4-9H2,1-3H3,(H2,14,21)(H2,15,16,17,18,19). The second-order valence-electron chi connectivity index (χ2n) is 4.95. The average Bonchev–Trinajstić information content (AvgIpc) is 2.44. The van der Waals surface area contributed by atoms with Gasteiger partial charge in [0.25, 0.3) is 0 Å². The third-order valence-corrected chi connectivity index (χ3v) is 2.69. The summed E-state index contributed by atoms with van der Waals surface area (Å²) in [4.78, 5) is 25.5. The van der Waals surface area contributed by atoms with Crippen LogP contribution in [0.4, 0.5) is 17.8 Å². The number of nitrogens with zero attached hydrogens (tertiary/aromatic N) is 4. The first-order chi connectivity index (χ1) is 10.0. The fourth-order valence-electron chi connectivity index (χ4n) is 1.58. The average molecular weight is 295 g/mol. The van der Waals surface area contributed by atoms with Gasteiger partial charge in [0, 0.05) is 33.6 Å². The molecule has 0 aliphatic carbocycles. The summed E-state index contributed by atoms with van der Waals surface area (Å²) in [6.45, 7) is 3.59. The topological polar surface area (TPSA) is 109 Å². The summed E-state index contributed by atoms with van der Waals surface area (Å²) in [6.07, 6.45) is 3.00. The molecule has 0 spiro atoms. The van der Waals surface area contributed by atoms with Crippen molar-refractivity contribution in [3.63, 3.8) is 0 Å². The maximum absolute atomic E-state index is 10.7. The van der Waals surface area contributed by atoms with Gasteiger partial charge in [-0.25, -0.2) is 0 Å². The summed E-state index contributed by atoms with van der Waals surface area (Å²) in [5.41, 5.74) is 5.10. The van der Waals surface area contributed by atoms with Crippen LogP contribution in [0.15, 0.2) is 0 Å². The lowest BCUT2D eigenvalue weighted by molar-refractivity contribution is -0.118. The van der Waals surface area contributed by atoms with Gasteiger partial charge >= 0.3 is 0 Å². The fourth-order valence-corrected chi connectivity index (χ4v) is 1.58. The Labute approximate surface area is 125 Å². The number of rotatable bonds is 10. The van der Waals surface area contributed by atoms with E-state index >= 15 is 0 Å². The summed E-state index contributed by atoms with van der Waals surface area (Å²) in [7, 11) is 3.77. The number of carbonyl (C=O) groups excluding carboxylic acids is 1. The van der Waals surface area contributed by atoms with E-state index in [1.54, 1.807) is 0 Å². The minimum Gasteiger partial charge on any atom is -0.370 e. The third-order valence-electron chi connectivity index (χ3n) is 2.69. The molecule has 0 aliphatic rings. The summed E-state index contributed by atoms with van der Waals surface area (Å²) >= 11 is 0. The van der Waals surface area contributed by atoms with Crippen LogP contribution in [-0.4, -0.2) is 48.0 Å². The summed E-state index contributed by atoms with van der Waals surface area (Å²) in [5.74, 6) is 1.43. The van der Waals surface area contributed by atoms with E-state index in [1.165, 1.54) is 0 Å². The van der Waals surface area contributed by atoms with Crippen molar-refractivity contribution in [3.05, 3.63) is 0 Å². The third kappa shape index (κ3) is 6.73. The number of hydrogen-bond donors (Lipinski definition) is 3. The van der Waals surface area contributed by atoms with Gasteiger partial charge in [-0.3, -0.25) is 4.79 Å². The minimum atomic E-state index is -0.267. The van der Waals surface area contributed by atoms with Gasteiger partial charge in [-0.05, 0) is 19.3 Å². The van der Waals surface area contributed by atoms with E-state index in [0.29, 0.717) is 30.8 Å². The van der Waals surface area contributed by atoms with Gasteiger partial charge in [-0.15, -0.1) is 0 Å². The molecule has 118 valence electrons. The number of nitrogens with one attached hydrogen (secondary N) is 2. The van der Waals surface area contributed by atoms with Crippen LogP contribution in [0.5, 0.6) is 0 Å². The Morgan fingerprint density at radius 2 is 1.71 bits per heavy atom. The highest BCUT2D eigenvalue weighted by molar-refractivity contribution is 5.73. The molecule has 0 aromatic carbocycles. The fraction of sp³-hybridized carbons (Fsp3) is 0.692. The number of carbonyl (C=O) groups is 1. The second kappa shape index (κ2) is 8.93. The predicted octanol–water partition coefficient (Wildman–Crippen LogP) is 0.827. The first-order valence-corrected chi connectivity index (χ1v) is 7.22. The van der Waals surface area contributed by atoms with Crippen molar-refractivity contribution in [1.82, 2.24) is 15.0 Å². The summed E-state index contributed by atoms with van der Waals surface area (Å²) in [6, 6.07) is 0. The summed E-state index contributed by atoms with van der Waals surface area (Å²) < 4.78 is 0. The molecule has 0 atom stereocenters. The van der Waals surface area contributed by atoms with Gasteiger partial charge in [0.2, 0.25) is 23.8 Å². The molecule has 0 unspecified atom stereocenters. The molecule has 1 heterocycles. The molecule has 0 saturated carbocycles. The zero-order valence-corrected chi connectivity index (χ0v) is 13.0. The number of hydrogen-bond acceptors (Lipinski definition) is 7. The lowest BCUT2D eigenvalue weighted by Crippen LogP contribution is -2.18. The molecule has 1 aromatic heterocycles. The van der Waals surface area contributed by atoms with Crippen LogP contribution in [0.3, 0.4) is 0 Å². The molecule has 1 rings (SSSR count). The molecule has 0 fully saturated rings. The number of aromatic nitrogens is 3. The van der Waals surface area contributed by atoms with E-state index in [-0.39, 0.29) is 5.91 Å². The number of anilines is 3. The number of nitrogens with two attached hydrogens (primary N) is 1. The molecule has 1 amide bonds. The van der Waals surface area contributed by atoms with Crippen LogP contribution in [0, 0.1) is 0 Å². The molecule has 8 nitrogen and oxygen atoms in total. The Bertz CT molecular complexity index is 450. The van der Waals surface area contributed by atoms with Crippen LogP contribution in [0.2, 0.25) is 0 Å². The SMILES string of the molecule is CCCNc1nc(NCCCCC(N)=O)nc(N(C)C)n1. The van der Waals surface area contributed by atoms with Gasteiger partial charge in [0.15, 0.2) is 0 Å². The van der Waals surface area contributed by atoms with E-state index in [0.717, 1.165) is 25.8 Å². The Morgan fingerprint density at radius 1 is 1.10 bits per heavy atom. The normalized spacial score (nSPS) is 10.2. The monoisotopic (exact) mass is 295 g/mol. The molecule has 0 radical (unpaired) electrons. The van der Waals surface area contributed by atoms with E-state index in [2.05, 4.69) is 32.5 Å². The molecular weight excluding hydrogens is 270 g/mol. The zero-order valence-electron chi connectivity index (χ0n) is 13.0. The van der Waals surface area contributed by atoms with Crippen molar-refractivity contribution in [3.8, 4) is 0 Å². The highest BCUT2D eigenvalue weighted by Crippen LogP contribution is 2.11. The largest absolute Gasteiger partial charge is 0.370 e. The van der Waals surface area contributed by atoms with Crippen LogP contribution in [0.25, 0.3) is 0 Å². The van der Waals surface area contributed by atoms with Crippen molar-refractivity contribution in [1.29, 1.82) is 0 Å². The molecule has 0 aliphatic heterocycles. The lowest BCUT2D eigenvalue weighted by Gasteiger charge is -2.14. The molecular formula is C13H25N7O. The maximum atomic E-state index is 10.7. The van der Waals surface area contributed by atoms with Gasteiger partial charge < -0.3 is 21.3 Å². The van der Waals surface area contributed by atoms with Crippen molar-refractivity contribution < 1.29 is 4.79 Å². The minimum absolute atomic E-state index is 0.267. The Kier molecular flexibility index (Phi) is 7.20. The van der Waals surface area contributed by atoms with Crippen LogP contribution in [-0.2, 0) is 4.79 Å². The Balaban J connectivity index is 2.58. The van der Waals surface area contributed by atoms with Crippen LogP contribution in [0.1, 0.15) is 32.6 Å². The molecule has 0 saturated heterocycles.